The van der Waals surface area contributed by atoms with Crippen LogP contribution in [0, 0.1) is 0 Å². The van der Waals surface area contributed by atoms with E-state index in [4.69, 9.17) is 4.99 Å². The summed E-state index contributed by atoms with van der Waals surface area (Å²) in [6, 6.07) is 10.4. The van der Waals surface area contributed by atoms with Gasteiger partial charge in [-0.25, -0.2) is 4.99 Å². The molecule has 4 rings (SSSR count). The van der Waals surface area contributed by atoms with Crippen molar-refractivity contribution in [3.63, 3.8) is 0 Å². The normalized spacial score (nSPS) is 16.5. The maximum atomic E-state index is 4.97. The molecule has 30 heavy (non-hydrogen) atoms. The average Bonchev–Trinajstić information content (AvgIpc) is 3.48. The Morgan fingerprint density at radius 1 is 1.20 bits per heavy atom. The third-order valence-electron chi connectivity index (χ3n) is 5.43. The maximum Gasteiger partial charge on any atom is 0.194 e. The van der Waals surface area contributed by atoms with E-state index in [0.717, 1.165) is 38.6 Å². The van der Waals surface area contributed by atoms with Gasteiger partial charge >= 0.3 is 0 Å². The van der Waals surface area contributed by atoms with Crippen molar-refractivity contribution < 1.29 is 0 Å². The van der Waals surface area contributed by atoms with Crippen LogP contribution in [0.2, 0.25) is 0 Å². The Labute approximate surface area is 195 Å². The van der Waals surface area contributed by atoms with E-state index >= 15 is 0 Å². The molecule has 0 spiro atoms. The molecule has 0 saturated carbocycles. The molecule has 1 N–H and O–H groups in total. The zero-order valence-electron chi connectivity index (χ0n) is 17.6. The maximum absolute atomic E-state index is 4.97. The highest BCUT2D eigenvalue weighted by atomic mass is 127. The van der Waals surface area contributed by atoms with E-state index in [-0.39, 0.29) is 24.0 Å². The van der Waals surface area contributed by atoms with E-state index in [0.29, 0.717) is 12.5 Å². The van der Waals surface area contributed by atoms with Gasteiger partial charge in [-0.15, -0.1) is 24.0 Å². The minimum atomic E-state index is 0. The predicted molar refractivity (Wildman–Crippen MR) is 130 cm³/mol. The SMILES string of the molecule is CCNC(=NCc1ccccc1Cn1cccn1)N1CCC(c2cnn(C)c2)C1.I. The van der Waals surface area contributed by atoms with E-state index in [1.54, 1.807) is 0 Å². The summed E-state index contributed by atoms with van der Waals surface area (Å²) in [5, 5.41) is 12.1. The van der Waals surface area contributed by atoms with Crippen molar-refractivity contribution in [1.82, 2.24) is 29.8 Å². The highest BCUT2D eigenvalue weighted by molar-refractivity contribution is 14.0. The van der Waals surface area contributed by atoms with Gasteiger partial charge in [0.1, 0.15) is 0 Å². The third kappa shape index (κ3) is 5.41. The second-order valence-electron chi connectivity index (χ2n) is 7.52. The van der Waals surface area contributed by atoms with Crippen molar-refractivity contribution in [3.05, 3.63) is 71.8 Å². The number of benzene rings is 1. The molecule has 1 saturated heterocycles. The van der Waals surface area contributed by atoms with Gasteiger partial charge in [-0.3, -0.25) is 9.36 Å². The molecule has 3 aromatic rings. The van der Waals surface area contributed by atoms with Gasteiger partial charge < -0.3 is 10.2 Å². The van der Waals surface area contributed by atoms with Crippen molar-refractivity contribution in [2.24, 2.45) is 12.0 Å². The highest BCUT2D eigenvalue weighted by Gasteiger charge is 2.26. The van der Waals surface area contributed by atoms with Crippen molar-refractivity contribution >= 4 is 29.9 Å². The number of aryl methyl sites for hydroxylation is 1. The van der Waals surface area contributed by atoms with E-state index < -0.39 is 0 Å². The molecular weight excluding hydrogens is 489 g/mol. The van der Waals surface area contributed by atoms with Crippen LogP contribution < -0.4 is 5.32 Å². The molecule has 0 radical (unpaired) electrons. The number of hydrogen-bond acceptors (Lipinski definition) is 3. The molecule has 1 aromatic carbocycles. The van der Waals surface area contributed by atoms with E-state index in [1.165, 1.54) is 16.7 Å². The molecule has 1 aliphatic heterocycles. The standard InChI is InChI=1S/C22H29N7.HI/c1-3-23-22(28-12-9-20(16-28)21-14-26-27(2)15-21)24-13-18-7-4-5-8-19(18)17-29-11-6-10-25-29;/h4-8,10-11,14-15,20H,3,9,12-13,16-17H2,1-2H3,(H,23,24);1H. The number of aliphatic imine (C=N–C) groups is 1. The van der Waals surface area contributed by atoms with Crippen LogP contribution in [0.3, 0.4) is 0 Å². The molecule has 0 amide bonds. The minimum Gasteiger partial charge on any atom is -0.357 e. The van der Waals surface area contributed by atoms with Crippen LogP contribution in [0.4, 0.5) is 0 Å². The van der Waals surface area contributed by atoms with Crippen molar-refractivity contribution in [2.75, 3.05) is 19.6 Å². The summed E-state index contributed by atoms with van der Waals surface area (Å²) in [6.07, 6.45) is 9.06. The number of halogens is 1. The number of guanidine groups is 1. The summed E-state index contributed by atoms with van der Waals surface area (Å²) >= 11 is 0. The lowest BCUT2D eigenvalue weighted by Gasteiger charge is -2.22. The van der Waals surface area contributed by atoms with Gasteiger partial charge in [-0.2, -0.15) is 10.2 Å². The van der Waals surface area contributed by atoms with E-state index in [2.05, 4.69) is 57.8 Å². The Kier molecular flexibility index (Phi) is 7.89. The Bertz CT molecular complexity index is 948. The molecule has 1 unspecified atom stereocenters. The van der Waals surface area contributed by atoms with Crippen LogP contribution in [-0.4, -0.2) is 50.1 Å². The molecule has 0 bridgehead atoms. The largest absolute Gasteiger partial charge is 0.357 e. The van der Waals surface area contributed by atoms with Gasteiger partial charge in [0.25, 0.3) is 0 Å². The van der Waals surface area contributed by atoms with Crippen molar-refractivity contribution in [1.29, 1.82) is 0 Å². The van der Waals surface area contributed by atoms with Crippen LogP contribution in [0.5, 0.6) is 0 Å². The summed E-state index contributed by atoms with van der Waals surface area (Å²) in [5.74, 6) is 1.51. The van der Waals surface area contributed by atoms with Crippen LogP contribution in [0.25, 0.3) is 0 Å². The first-order valence-electron chi connectivity index (χ1n) is 10.3. The monoisotopic (exact) mass is 519 g/mol. The zero-order chi connectivity index (χ0) is 20.1. The number of rotatable bonds is 6. The van der Waals surface area contributed by atoms with E-state index in [1.807, 2.05) is 41.1 Å². The summed E-state index contributed by atoms with van der Waals surface area (Å²) in [4.78, 5) is 7.34. The third-order valence-corrected chi connectivity index (χ3v) is 5.43. The first-order chi connectivity index (χ1) is 14.2. The Morgan fingerprint density at radius 2 is 2.03 bits per heavy atom. The topological polar surface area (TPSA) is 63.3 Å². The Morgan fingerprint density at radius 3 is 2.73 bits per heavy atom. The average molecular weight is 519 g/mol. The summed E-state index contributed by atoms with van der Waals surface area (Å²) in [5.41, 5.74) is 3.81. The molecule has 7 nitrogen and oxygen atoms in total. The van der Waals surface area contributed by atoms with Crippen LogP contribution in [0.1, 0.15) is 36.0 Å². The number of hydrogen-bond donors (Lipinski definition) is 1. The fourth-order valence-corrected chi connectivity index (χ4v) is 3.90. The lowest BCUT2D eigenvalue weighted by molar-refractivity contribution is 0.486. The number of nitrogens with one attached hydrogen (secondary N) is 1. The van der Waals surface area contributed by atoms with Crippen molar-refractivity contribution in [3.8, 4) is 0 Å². The van der Waals surface area contributed by atoms with E-state index in [9.17, 15) is 0 Å². The van der Waals surface area contributed by atoms with Crippen molar-refractivity contribution in [2.45, 2.75) is 32.4 Å². The molecule has 8 heteroatoms. The molecule has 1 aliphatic rings. The smallest absolute Gasteiger partial charge is 0.194 e. The molecule has 3 heterocycles. The first-order valence-corrected chi connectivity index (χ1v) is 10.3. The molecule has 1 fully saturated rings. The molecule has 160 valence electrons. The molecule has 0 aliphatic carbocycles. The lowest BCUT2D eigenvalue weighted by atomic mass is 10.0. The molecular formula is C22H30IN7. The minimum absolute atomic E-state index is 0. The fraction of sp³-hybridized carbons (Fsp3) is 0.409. The quantitative estimate of drug-likeness (QED) is 0.309. The zero-order valence-corrected chi connectivity index (χ0v) is 19.9. The van der Waals surface area contributed by atoms with Gasteiger partial charge in [0.2, 0.25) is 0 Å². The number of nitrogens with zero attached hydrogens (tertiary/aromatic N) is 6. The Hall–Kier alpha value is -2.36. The van der Waals surface area contributed by atoms with Crippen LogP contribution >= 0.6 is 24.0 Å². The first kappa shape index (κ1) is 22.3. The predicted octanol–water partition coefficient (Wildman–Crippen LogP) is 3.24. The summed E-state index contributed by atoms with van der Waals surface area (Å²) < 4.78 is 3.83. The number of aromatic nitrogens is 4. The molecule has 2 aromatic heterocycles. The Balaban J connectivity index is 0.00000256. The number of likely N-dealkylation sites (tertiary alicyclic amines) is 1. The van der Waals surface area contributed by atoms with Crippen LogP contribution in [-0.2, 0) is 20.1 Å². The summed E-state index contributed by atoms with van der Waals surface area (Å²) in [7, 11) is 1.97. The lowest BCUT2D eigenvalue weighted by Crippen LogP contribution is -2.40. The van der Waals surface area contributed by atoms with Gasteiger partial charge in [-0.05, 0) is 36.1 Å². The second-order valence-corrected chi connectivity index (χ2v) is 7.52. The van der Waals surface area contributed by atoms with Gasteiger partial charge in [-0.1, -0.05) is 24.3 Å². The second kappa shape index (κ2) is 10.6. The molecule has 1 atom stereocenters. The van der Waals surface area contributed by atoms with Gasteiger partial charge in [0, 0.05) is 51.2 Å². The van der Waals surface area contributed by atoms with Crippen LogP contribution in [0.15, 0.2) is 60.1 Å². The van der Waals surface area contributed by atoms with Gasteiger partial charge in [0.05, 0.1) is 19.3 Å². The summed E-state index contributed by atoms with van der Waals surface area (Å²) in [6.45, 7) is 6.40. The van der Waals surface area contributed by atoms with Gasteiger partial charge in [0.15, 0.2) is 5.96 Å². The fourth-order valence-electron chi connectivity index (χ4n) is 3.90. The highest BCUT2D eigenvalue weighted by Crippen LogP contribution is 2.26.